The predicted octanol–water partition coefficient (Wildman–Crippen LogP) is 2.49. The lowest BCUT2D eigenvalue weighted by Gasteiger charge is -2.28. The maximum atomic E-state index is 12.2. The van der Waals surface area contributed by atoms with E-state index in [4.69, 9.17) is 4.74 Å². The van der Waals surface area contributed by atoms with Gasteiger partial charge in [0.25, 0.3) is 0 Å². The van der Waals surface area contributed by atoms with Gasteiger partial charge in [-0.1, -0.05) is 18.9 Å². The maximum Gasteiger partial charge on any atom is 0.321 e. The first kappa shape index (κ1) is 14.4. The van der Waals surface area contributed by atoms with Gasteiger partial charge in [-0.05, 0) is 36.1 Å². The van der Waals surface area contributed by atoms with Crippen LogP contribution in [0, 0.1) is 0 Å². The lowest BCUT2D eigenvalue weighted by atomic mass is 10.0. The van der Waals surface area contributed by atoms with Crippen molar-refractivity contribution in [3.05, 3.63) is 29.3 Å². The lowest BCUT2D eigenvalue weighted by molar-refractivity contribution is 0.0261. The van der Waals surface area contributed by atoms with E-state index in [2.05, 4.69) is 5.32 Å². The van der Waals surface area contributed by atoms with E-state index in [9.17, 15) is 9.90 Å². The molecule has 114 valence electrons. The van der Waals surface area contributed by atoms with Crippen LogP contribution in [0.1, 0.15) is 36.8 Å². The van der Waals surface area contributed by atoms with Crippen LogP contribution in [0.5, 0.6) is 0 Å². The van der Waals surface area contributed by atoms with Crippen molar-refractivity contribution in [2.75, 3.05) is 18.9 Å². The molecule has 1 aliphatic carbocycles. The topological polar surface area (TPSA) is 61.8 Å². The fraction of sp³-hybridized carbons (Fsp3) is 0.562. The normalized spacial score (nSPS) is 19.3. The number of likely N-dealkylation sites (N-methyl/N-ethyl adjacent to an activating group) is 1. The Kier molecular flexibility index (Phi) is 3.87. The zero-order chi connectivity index (χ0) is 14.9. The molecule has 0 unspecified atom stereocenters. The quantitative estimate of drug-likeness (QED) is 0.899. The number of nitrogens with zero attached hydrogens (tertiary/aromatic N) is 1. The van der Waals surface area contributed by atoms with Crippen molar-refractivity contribution in [1.82, 2.24) is 4.90 Å². The Balaban J connectivity index is 1.60. The summed E-state index contributed by atoms with van der Waals surface area (Å²) in [7, 11) is 1.72. The van der Waals surface area contributed by atoms with E-state index in [1.807, 2.05) is 18.2 Å². The molecular weight excluding hydrogens is 268 g/mol. The van der Waals surface area contributed by atoms with Gasteiger partial charge in [0.1, 0.15) is 0 Å². The fourth-order valence-electron chi connectivity index (χ4n) is 3.17. The third kappa shape index (κ3) is 3.19. The highest BCUT2D eigenvalue weighted by atomic mass is 16.5. The first-order valence-corrected chi connectivity index (χ1v) is 7.50. The standard InChI is InChI=1S/C16H22N2O3/c1-18(11-16(20)6-2-3-7-16)15(19)17-14-5-4-12-9-21-10-13(12)8-14/h4-5,8,20H,2-3,6-7,9-11H2,1H3,(H,17,19). The zero-order valence-electron chi connectivity index (χ0n) is 12.4. The summed E-state index contributed by atoms with van der Waals surface area (Å²) in [6.07, 6.45) is 3.63. The molecule has 5 nitrogen and oxygen atoms in total. The van der Waals surface area contributed by atoms with Gasteiger partial charge in [0.05, 0.1) is 25.4 Å². The Bertz CT molecular complexity index is 538. The summed E-state index contributed by atoms with van der Waals surface area (Å²) in [5, 5.41) is 13.2. The second-order valence-electron chi connectivity index (χ2n) is 6.19. The molecule has 1 aromatic rings. The van der Waals surface area contributed by atoms with Gasteiger partial charge >= 0.3 is 6.03 Å². The highest BCUT2D eigenvalue weighted by molar-refractivity contribution is 5.89. The number of anilines is 1. The van der Waals surface area contributed by atoms with Crippen molar-refractivity contribution < 1.29 is 14.6 Å². The molecule has 2 N–H and O–H groups in total. The van der Waals surface area contributed by atoms with Gasteiger partial charge in [0.2, 0.25) is 0 Å². The van der Waals surface area contributed by atoms with E-state index in [1.165, 1.54) is 5.56 Å². The molecule has 0 saturated heterocycles. The number of rotatable bonds is 3. The first-order valence-electron chi connectivity index (χ1n) is 7.50. The SMILES string of the molecule is CN(CC1(O)CCCC1)C(=O)Nc1ccc2c(c1)COC2. The van der Waals surface area contributed by atoms with Crippen LogP contribution < -0.4 is 5.32 Å². The molecule has 0 aromatic heterocycles. The smallest absolute Gasteiger partial charge is 0.321 e. The summed E-state index contributed by atoms with van der Waals surface area (Å²) in [5.41, 5.74) is 2.37. The summed E-state index contributed by atoms with van der Waals surface area (Å²) in [6.45, 7) is 1.64. The van der Waals surface area contributed by atoms with E-state index in [1.54, 1.807) is 11.9 Å². The Morgan fingerprint density at radius 1 is 1.33 bits per heavy atom. The summed E-state index contributed by atoms with van der Waals surface area (Å²) in [6, 6.07) is 5.65. The molecule has 0 radical (unpaired) electrons. The average molecular weight is 290 g/mol. The maximum absolute atomic E-state index is 12.2. The second-order valence-corrected chi connectivity index (χ2v) is 6.19. The van der Waals surface area contributed by atoms with Gasteiger partial charge in [0, 0.05) is 12.7 Å². The largest absolute Gasteiger partial charge is 0.388 e. The highest BCUT2D eigenvalue weighted by Gasteiger charge is 2.33. The highest BCUT2D eigenvalue weighted by Crippen LogP contribution is 2.30. The number of ether oxygens (including phenoxy) is 1. The Morgan fingerprint density at radius 2 is 2.05 bits per heavy atom. The number of nitrogens with one attached hydrogen (secondary N) is 1. The van der Waals surface area contributed by atoms with Crippen LogP contribution in [0.3, 0.4) is 0 Å². The number of hydrogen-bond donors (Lipinski definition) is 2. The van der Waals surface area contributed by atoms with Crippen LogP contribution in [0.2, 0.25) is 0 Å². The monoisotopic (exact) mass is 290 g/mol. The van der Waals surface area contributed by atoms with E-state index in [0.29, 0.717) is 19.8 Å². The van der Waals surface area contributed by atoms with E-state index in [-0.39, 0.29) is 6.03 Å². The summed E-state index contributed by atoms with van der Waals surface area (Å²) >= 11 is 0. The molecular formula is C16H22N2O3. The third-order valence-electron chi connectivity index (χ3n) is 4.39. The van der Waals surface area contributed by atoms with Gasteiger partial charge in [-0.25, -0.2) is 4.79 Å². The van der Waals surface area contributed by atoms with Gasteiger partial charge < -0.3 is 20.1 Å². The molecule has 0 atom stereocenters. The van der Waals surface area contributed by atoms with E-state index in [0.717, 1.165) is 36.9 Å². The fourth-order valence-corrected chi connectivity index (χ4v) is 3.17. The van der Waals surface area contributed by atoms with Crippen molar-refractivity contribution in [2.24, 2.45) is 0 Å². The van der Waals surface area contributed by atoms with Crippen LogP contribution in [0.15, 0.2) is 18.2 Å². The van der Waals surface area contributed by atoms with Crippen LogP contribution in [0.4, 0.5) is 10.5 Å². The molecule has 1 aliphatic heterocycles. The third-order valence-corrected chi connectivity index (χ3v) is 4.39. The molecule has 1 fully saturated rings. The molecule has 2 aliphatic rings. The van der Waals surface area contributed by atoms with Gasteiger partial charge in [-0.15, -0.1) is 0 Å². The van der Waals surface area contributed by atoms with Gasteiger partial charge in [-0.3, -0.25) is 0 Å². The summed E-state index contributed by atoms with van der Waals surface area (Å²) in [4.78, 5) is 13.8. The number of amides is 2. The molecule has 3 rings (SSSR count). The molecule has 0 bridgehead atoms. The molecule has 0 spiro atoms. The minimum absolute atomic E-state index is 0.186. The average Bonchev–Trinajstić information content (AvgIpc) is 3.07. The molecule has 1 saturated carbocycles. The van der Waals surface area contributed by atoms with E-state index >= 15 is 0 Å². The van der Waals surface area contributed by atoms with Crippen LogP contribution in [-0.2, 0) is 18.0 Å². The van der Waals surface area contributed by atoms with E-state index < -0.39 is 5.60 Å². The molecule has 1 heterocycles. The Labute approximate surface area is 124 Å². The number of fused-ring (bicyclic) bond motifs is 1. The van der Waals surface area contributed by atoms with Crippen molar-refractivity contribution in [1.29, 1.82) is 0 Å². The summed E-state index contributed by atoms with van der Waals surface area (Å²) in [5.74, 6) is 0. The van der Waals surface area contributed by atoms with Gasteiger partial charge in [0.15, 0.2) is 0 Å². The Hall–Kier alpha value is -1.59. The minimum atomic E-state index is -0.710. The molecule has 21 heavy (non-hydrogen) atoms. The lowest BCUT2D eigenvalue weighted by Crippen LogP contribution is -2.43. The van der Waals surface area contributed by atoms with Crippen LogP contribution in [0.25, 0.3) is 0 Å². The molecule has 2 amide bonds. The summed E-state index contributed by atoms with van der Waals surface area (Å²) < 4.78 is 5.37. The molecule has 5 heteroatoms. The number of hydrogen-bond acceptors (Lipinski definition) is 3. The second kappa shape index (κ2) is 5.66. The van der Waals surface area contributed by atoms with Crippen molar-refractivity contribution >= 4 is 11.7 Å². The number of carbonyl (C=O) groups excluding carboxylic acids is 1. The first-order chi connectivity index (χ1) is 10.1. The molecule has 1 aromatic carbocycles. The predicted molar refractivity (Wildman–Crippen MR) is 80.0 cm³/mol. The Morgan fingerprint density at radius 3 is 2.81 bits per heavy atom. The van der Waals surface area contributed by atoms with Crippen molar-refractivity contribution in [3.63, 3.8) is 0 Å². The van der Waals surface area contributed by atoms with Crippen LogP contribution >= 0.6 is 0 Å². The van der Waals surface area contributed by atoms with Crippen molar-refractivity contribution in [2.45, 2.75) is 44.5 Å². The number of benzene rings is 1. The zero-order valence-corrected chi connectivity index (χ0v) is 12.4. The number of urea groups is 1. The van der Waals surface area contributed by atoms with Gasteiger partial charge in [-0.2, -0.15) is 0 Å². The number of carbonyl (C=O) groups is 1. The van der Waals surface area contributed by atoms with Crippen LogP contribution in [-0.4, -0.2) is 35.2 Å². The van der Waals surface area contributed by atoms with Crippen molar-refractivity contribution in [3.8, 4) is 0 Å². The minimum Gasteiger partial charge on any atom is -0.388 e. The number of aliphatic hydroxyl groups is 1.